The van der Waals surface area contributed by atoms with E-state index in [1.165, 1.54) is 0 Å². The van der Waals surface area contributed by atoms with Crippen LogP contribution in [-0.4, -0.2) is 0 Å². The molecule has 2 rings (SSSR count). The molecule has 82 valence electrons. The van der Waals surface area contributed by atoms with Gasteiger partial charge in [0.1, 0.15) is 0 Å². The van der Waals surface area contributed by atoms with Gasteiger partial charge in [-0.2, -0.15) is 0 Å². The molecule has 2 heteroatoms. The quantitative estimate of drug-likeness (QED) is 0.889. The van der Waals surface area contributed by atoms with E-state index < -0.39 is 5.54 Å². The third-order valence-electron chi connectivity index (χ3n) is 2.81. The van der Waals surface area contributed by atoms with Gasteiger partial charge in [0, 0.05) is 4.47 Å². The summed E-state index contributed by atoms with van der Waals surface area (Å²) in [5, 5.41) is 0. The average molecular weight is 276 g/mol. The number of halogens is 1. The number of hydrogen-bond donors (Lipinski definition) is 1. The van der Waals surface area contributed by atoms with Crippen LogP contribution in [0.15, 0.2) is 59.1 Å². The number of benzene rings is 2. The molecule has 16 heavy (non-hydrogen) atoms. The van der Waals surface area contributed by atoms with E-state index in [0.717, 1.165) is 15.6 Å². The molecule has 0 bridgehead atoms. The molecule has 1 unspecified atom stereocenters. The molecule has 0 radical (unpaired) electrons. The van der Waals surface area contributed by atoms with Crippen LogP contribution in [0.25, 0.3) is 0 Å². The van der Waals surface area contributed by atoms with Crippen LogP contribution >= 0.6 is 15.9 Å². The number of rotatable bonds is 2. The zero-order valence-corrected chi connectivity index (χ0v) is 10.7. The Morgan fingerprint density at radius 2 is 1.50 bits per heavy atom. The van der Waals surface area contributed by atoms with E-state index in [-0.39, 0.29) is 0 Å². The lowest BCUT2D eigenvalue weighted by atomic mass is 9.86. The molecule has 0 amide bonds. The van der Waals surface area contributed by atoms with Gasteiger partial charge in [0.25, 0.3) is 0 Å². The maximum Gasteiger partial charge on any atom is 0.0647 e. The average Bonchev–Trinajstić information content (AvgIpc) is 2.30. The van der Waals surface area contributed by atoms with Crippen molar-refractivity contribution in [2.24, 2.45) is 5.73 Å². The number of hydrogen-bond acceptors (Lipinski definition) is 1. The van der Waals surface area contributed by atoms with Crippen LogP contribution in [0.3, 0.4) is 0 Å². The minimum Gasteiger partial charge on any atom is -0.318 e. The van der Waals surface area contributed by atoms with Crippen LogP contribution in [0.1, 0.15) is 18.1 Å². The lowest BCUT2D eigenvalue weighted by Gasteiger charge is -2.27. The summed E-state index contributed by atoms with van der Waals surface area (Å²) in [6.45, 7) is 2.03. The molecule has 0 saturated carbocycles. The normalized spacial score (nSPS) is 14.4. The molecule has 2 aromatic carbocycles. The van der Waals surface area contributed by atoms with Crippen molar-refractivity contribution in [1.29, 1.82) is 0 Å². The minimum atomic E-state index is -0.471. The second kappa shape index (κ2) is 4.40. The first kappa shape index (κ1) is 11.4. The van der Waals surface area contributed by atoms with Crippen LogP contribution < -0.4 is 5.73 Å². The molecule has 0 heterocycles. The Hall–Kier alpha value is -1.12. The van der Waals surface area contributed by atoms with Crippen molar-refractivity contribution in [3.05, 3.63) is 70.2 Å². The van der Waals surface area contributed by atoms with Crippen LogP contribution in [0.4, 0.5) is 0 Å². The topological polar surface area (TPSA) is 26.0 Å². The Bertz CT molecular complexity index is 477. The fourth-order valence-corrected chi connectivity index (χ4v) is 2.52. The van der Waals surface area contributed by atoms with E-state index in [4.69, 9.17) is 5.73 Å². The summed E-state index contributed by atoms with van der Waals surface area (Å²) in [5.41, 5.74) is 8.17. The van der Waals surface area contributed by atoms with Crippen molar-refractivity contribution >= 4 is 15.9 Å². The molecule has 1 atom stereocenters. The van der Waals surface area contributed by atoms with E-state index in [2.05, 4.69) is 34.1 Å². The van der Waals surface area contributed by atoms with Gasteiger partial charge in [-0.25, -0.2) is 0 Å². The minimum absolute atomic E-state index is 0.471. The highest BCUT2D eigenvalue weighted by Crippen LogP contribution is 2.31. The Kier molecular flexibility index (Phi) is 3.13. The summed E-state index contributed by atoms with van der Waals surface area (Å²) >= 11 is 3.55. The maximum atomic E-state index is 6.43. The molecule has 2 N–H and O–H groups in total. The second-order valence-corrected chi connectivity index (χ2v) is 4.90. The van der Waals surface area contributed by atoms with Crippen molar-refractivity contribution in [3.63, 3.8) is 0 Å². The van der Waals surface area contributed by atoms with Crippen molar-refractivity contribution < 1.29 is 0 Å². The third kappa shape index (κ3) is 2.04. The van der Waals surface area contributed by atoms with Crippen LogP contribution in [0.5, 0.6) is 0 Å². The lowest BCUT2D eigenvalue weighted by molar-refractivity contribution is 0.600. The zero-order valence-electron chi connectivity index (χ0n) is 9.15. The van der Waals surface area contributed by atoms with E-state index in [0.29, 0.717) is 0 Å². The SMILES string of the molecule is CC(N)(c1ccccc1)c1ccccc1Br. The first-order valence-electron chi connectivity index (χ1n) is 5.22. The third-order valence-corrected chi connectivity index (χ3v) is 3.50. The van der Waals surface area contributed by atoms with E-state index in [9.17, 15) is 0 Å². The predicted octanol–water partition coefficient (Wildman–Crippen LogP) is 3.67. The molecular weight excluding hydrogens is 262 g/mol. The smallest absolute Gasteiger partial charge is 0.0647 e. The predicted molar refractivity (Wildman–Crippen MR) is 71.2 cm³/mol. The summed E-state index contributed by atoms with van der Waals surface area (Å²) in [7, 11) is 0. The van der Waals surface area contributed by atoms with Crippen molar-refractivity contribution in [2.75, 3.05) is 0 Å². The van der Waals surface area contributed by atoms with Gasteiger partial charge in [-0.1, -0.05) is 64.5 Å². The maximum absolute atomic E-state index is 6.43. The van der Waals surface area contributed by atoms with Gasteiger partial charge in [0.2, 0.25) is 0 Å². The zero-order chi connectivity index (χ0) is 11.6. The first-order chi connectivity index (χ1) is 7.62. The summed E-state index contributed by atoms with van der Waals surface area (Å²) in [6.07, 6.45) is 0. The molecule has 0 aromatic heterocycles. The Labute approximate surface area is 104 Å². The van der Waals surface area contributed by atoms with Crippen molar-refractivity contribution in [2.45, 2.75) is 12.5 Å². The fraction of sp³-hybridized carbons (Fsp3) is 0.143. The summed E-state index contributed by atoms with van der Waals surface area (Å²) < 4.78 is 1.05. The highest BCUT2D eigenvalue weighted by molar-refractivity contribution is 9.10. The molecule has 0 fully saturated rings. The first-order valence-corrected chi connectivity index (χ1v) is 6.01. The molecule has 1 nitrogen and oxygen atoms in total. The van der Waals surface area contributed by atoms with Gasteiger partial charge < -0.3 is 5.73 Å². The molecule has 0 aliphatic rings. The Morgan fingerprint density at radius 1 is 0.938 bits per heavy atom. The van der Waals surface area contributed by atoms with Crippen molar-refractivity contribution in [1.82, 2.24) is 0 Å². The van der Waals surface area contributed by atoms with Gasteiger partial charge in [0.15, 0.2) is 0 Å². The lowest BCUT2D eigenvalue weighted by Crippen LogP contribution is -2.34. The van der Waals surface area contributed by atoms with E-state index in [1.807, 2.05) is 43.3 Å². The highest BCUT2D eigenvalue weighted by atomic mass is 79.9. The van der Waals surface area contributed by atoms with E-state index in [1.54, 1.807) is 0 Å². The summed E-state index contributed by atoms with van der Waals surface area (Å²) in [5.74, 6) is 0. The number of nitrogens with two attached hydrogens (primary N) is 1. The van der Waals surface area contributed by atoms with Gasteiger partial charge >= 0.3 is 0 Å². The van der Waals surface area contributed by atoms with Crippen LogP contribution in [0.2, 0.25) is 0 Å². The molecular formula is C14H14BrN. The van der Waals surface area contributed by atoms with Gasteiger partial charge in [-0.15, -0.1) is 0 Å². The molecule has 0 spiro atoms. The van der Waals surface area contributed by atoms with Gasteiger partial charge in [0.05, 0.1) is 5.54 Å². The fourth-order valence-electron chi connectivity index (χ4n) is 1.82. The van der Waals surface area contributed by atoms with Crippen molar-refractivity contribution in [3.8, 4) is 0 Å². The monoisotopic (exact) mass is 275 g/mol. The van der Waals surface area contributed by atoms with Crippen LogP contribution in [-0.2, 0) is 5.54 Å². The highest BCUT2D eigenvalue weighted by Gasteiger charge is 2.25. The van der Waals surface area contributed by atoms with Gasteiger partial charge in [-0.3, -0.25) is 0 Å². The molecule has 0 aliphatic carbocycles. The largest absolute Gasteiger partial charge is 0.318 e. The van der Waals surface area contributed by atoms with E-state index >= 15 is 0 Å². The van der Waals surface area contributed by atoms with Gasteiger partial charge in [-0.05, 0) is 24.1 Å². The summed E-state index contributed by atoms with van der Waals surface area (Å²) in [4.78, 5) is 0. The molecule has 0 aliphatic heterocycles. The molecule has 0 saturated heterocycles. The molecule has 2 aromatic rings. The Balaban J connectivity index is 2.51. The standard InChI is InChI=1S/C14H14BrN/c1-14(16,11-7-3-2-4-8-11)12-9-5-6-10-13(12)15/h2-10H,16H2,1H3. The second-order valence-electron chi connectivity index (χ2n) is 4.05. The summed E-state index contributed by atoms with van der Waals surface area (Å²) in [6, 6.07) is 18.2. The van der Waals surface area contributed by atoms with Crippen LogP contribution in [0, 0.1) is 0 Å². The Morgan fingerprint density at radius 3 is 2.12 bits per heavy atom.